The summed E-state index contributed by atoms with van der Waals surface area (Å²) in [5.41, 5.74) is -0.584. The highest BCUT2D eigenvalue weighted by Gasteiger charge is 2.44. The third kappa shape index (κ3) is 3.34. The van der Waals surface area contributed by atoms with E-state index in [0.29, 0.717) is 6.54 Å². The van der Waals surface area contributed by atoms with Crippen molar-refractivity contribution in [3.8, 4) is 0 Å². The zero-order valence-corrected chi connectivity index (χ0v) is 12.7. The van der Waals surface area contributed by atoms with E-state index in [0.717, 1.165) is 57.9 Å². The van der Waals surface area contributed by atoms with Crippen LogP contribution in [0.2, 0.25) is 0 Å². The van der Waals surface area contributed by atoms with Gasteiger partial charge in [0.05, 0.1) is 11.5 Å². The molecule has 0 bridgehead atoms. The van der Waals surface area contributed by atoms with E-state index >= 15 is 0 Å². The predicted octanol–water partition coefficient (Wildman–Crippen LogP) is 2.65. The Bertz CT molecular complexity index is 330. The van der Waals surface area contributed by atoms with Gasteiger partial charge in [-0.05, 0) is 38.6 Å². The highest BCUT2D eigenvalue weighted by molar-refractivity contribution is 5.75. The monoisotopic (exact) mass is 283 g/mol. The van der Waals surface area contributed by atoms with E-state index in [2.05, 4.69) is 11.8 Å². The topological polar surface area (TPSA) is 60.8 Å². The average molecular weight is 283 g/mol. The summed E-state index contributed by atoms with van der Waals surface area (Å²) in [6.45, 7) is 3.63. The molecule has 2 aliphatic rings. The summed E-state index contributed by atoms with van der Waals surface area (Å²) in [6, 6.07) is 0.174. The Morgan fingerprint density at radius 2 is 2.00 bits per heavy atom. The van der Waals surface area contributed by atoms with Crippen LogP contribution < -0.4 is 0 Å². The number of likely N-dealkylation sites (tertiary alicyclic amines) is 1. The fourth-order valence-corrected chi connectivity index (χ4v) is 4.11. The minimum atomic E-state index is -0.646. The molecular weight excluding hydrogens is 254 g/mol. The van der Waals surface area contributed by atoms with E-state index in [1.54, 1.807) is 0 Å². The van der Waals surface area contributed by atoms with Gasteiger partial charge < -0.3 is 10.2 Å². The van der Waals surface area contributed by atoms with Crippen LogP contribution in [-0.4, -0.2) is 46.3 Å². The third-order valence-electron chi connectivity index (χ3n) is 5.20. The fraction of sp³-hybridized carbons (Fsp3) is 0.938. The lowest BCUT2D eigenvalue weighted by Crippen LogP contribution is -2.54. The summed E-state index contributed by atoms with van der Waals surface area (Å²) < 4.78 is 0. The second-order valence-electron chi connectivity index (χ2n) is 6.68. The molecule has 0 radical (unpaired) electrons. The van der Waals surface area contributed by atoms with Gasteiger partial charge in [0.25, 0.3) is 0 Å². The first-order valence-electron chi connectivity index (χ1n) is 8.24. The lowest BCUT2D eigenvalue weighted by Gasteiger charge is -2.44. The predicted molar refractivity (Wildman–Crippen MR) is 78.7 cm³/mol. The number of carboxylic acids is 1. The van der Waals surface area contributed by atoms with Gasteiger partial charge >= 0.3 is 5.97 Å². The van der Waals surface area contributed by atoms with Crippen molar-refractivity contribution in [2.24, 2.45) is 5.41 Å². The number of aliphatic hydroxyl groups is 1. The first kappa shape index (κ1) is 15.8. The van der Waals surface area contributed by atoms with Crippen molar-refractivity contribution in [1.29, 1.82) is 0 Å². The molecule has 4 heteroatoms. The van der Waals surface area contributed by atoms with Gasteiger partial charge in [-0.2, -0.15) is 0 Å². The Kier molecular flexibility index (Phi) is 5.44. The molecule has 1 aliphatic heterocycles. The Morgan fingerprint density at radius 3 is 2.70 bits per heavy atom. The molecule has 2 N–H and O–H groups in total. The van der Waals surface area contributed by atoms with Crippen molar-refractivity contribution in [1.82, 2.24) is 4.90 Å². The second kappa shape index (κ2) is 6.90. The summed E-state index contributed by atoms with van der Waals surface area (Å²) >= 11 is 0. The number of hydrogen-bond acceptors (Lipinski definition) is 3. The summed E-state index contributed by atoms with van der Waals surface area (Å²) in [5.74, 6) is -0.646. The first-order valence-corrected chi connectivity index (χ1v) is 8.24. The summed E-state index contributed by atoms with van der Waals surface area (Å²) in [5, 5.41) is 20.0. The van der Waals surface area contributed by atoms with Crippen LogP contribution >= 0.6 is 0 Å². The van der Waals surface area contributed by atoms with Gasteiger partial charge in [0.15, 0.2) is 0 Å². The van der Waals surface area contributed by atoms with E-state index < -0.39 is 11.4 Å². The normalized spacial score (nSPS) is 36.5. The molecule has 0 aromatic carbocycles. The third-order valence-corrected chi connectivity index (χ3v) is 5.20. The van der Waals surface area contributed by atoms with Gasteiger partial charge in [0.2, 0.25) is 0 Å². The molecule has 3 unspecified atom stereocenters. The van der Waals surface area contributed by atoms with Crippen molar-refractivity contribution in [3.05, 3.63) is 0 Å². The Balaban J connectivity index is 2.09. The number of piperidine rings is 1. The van der Waals surface area contributed by atoms with Crippen LogP contribution in [0.4, 0.5) is 0 Å². The van der Waals surface area contributed by atoms with Crippen molar-refractivity contribution in [3.63, 3.8) is 0 Å². The van der Waals surface area contributed by atoms with Crippen LogP contribution in [0.1, 0.15) is 64.7 Å². The maximum absolute atomic E-state index is 11.8. The molecule has 3 atom stereocenters. The Morgan fingerprint density at radius 1 is 1.25 bits per heavy atom. The molecule has 116 valence electrons. The molecule has 2 fully saturated rings. The second-order valence-corrected chi connectivity index (χ2v) is 6.68. The van der Waals surface area contributed by atoms with Gasteiger partial charge in [0, 0.05) is 12.6 Å². The van der Waals surface area contributed by atoms with Crippen LogP contribution in [0, 0.1) is 5.41 Å². The lowest BCUT2D eigenvalue weighted by molar-refractivity contribution is -0.154. The fourth-order valence-electron chi connectivity index (χ4n) is 4.11. The molecule has 0 spiro atoms. The highest BCUT2D eigenvalue weighted by Crippen LogP contribution is 2.37. The summed E-state index contributed by atoms with van der Waals surface area (Å²) in [6.07, 6.45) is 8.46. The first-order chi connectivity index (χ1) is 9.59. The zero-order chi connectivity index (χ0) is 14.6. The van der Waals surface area contributed by atoms with Crippen LogP contribution in [-0.2, 0) is 4.79 Å². The highest BCUT2D eigenvalue weighted by atomic mass is 16.4. The van der Waals surface area contributed by atoms with E-state index in [9.17, 15) is 15.0 Å². The number of rotatable bonds is 4. The van der Waals surface area contributed by atoms with Gasteiger partial charge in [-0.3, -0.25) is 9.69 Å². The molecule has 0 aromatic heterocycles. The van der Waals surface area contributed by atoms with Gasteiger partial charge in [0.1, 0.15) is 0 Å². The number of nitrogens with zero attached hydrogens (tertiary/aromatic N) is 1. The van der Waals surface area contributed by atoms with Crippen LogP contribution in [0.3, 0.4) is 0 Å². The lowest BCUT2D eigenvalue weighted by atomic mass is 9.75. The zero-order valence-electron chi connectivity index (χ0n) is 12.7. The number of carboxylic acid groups (broad SMARTS) is 1. The van der Waals surface area contributed by atoms with Crippen LogP contribution in [0.25, 0.3) is 0 Å². The standard InChI is InChI=1S/C16H29NO3/c1-2-9-16(15(19)20)10-6-11-17(12-16)13-7-4-3-5-8-14(13)18/h13-14,18H,2-12H2,1H3,(H,19,20). The SMILES string of the molecule is CCCC1(C(=O)O)CCCN(C2CCCCCC2O)C1. The minimum Gasteiger partial charge on any atom is -0.481 e. The summed E-state index contributed by atoms with van der Waals surface area (Å²) in [4.78, 5) is 14.0. The molecule has 1 heterocycles. The molecule has 4 nitrogen and oxygen atoms in total. The molecule has 0 aromatic rings. The molecule has 1 aliphatic carbocycles. The van der Waals surface area contributed by atoms with Crippen molar-refractivity contribution in [2.45, 2.75) is 76.9 Å². The van der Waals surface area contributed by atoms with Gasteiger partial charge in [-0.1, -0.05) is 32.6 Å². The number of carbonyl (C=O) groups is 1. The molecule has 20 heavy (non-hydrogen) atoms. The van der Waals surface area contributed by atoms with E-state index in [-0.39, 0.29) is 12.1 Å². The van der Waals surface area contributed by atoms with Crippen LogP contribution in [0.5, 0.6) is 0 Å². The smallest absolute Gasteiger partial charge is 0.310 e. The van der Waals surface area contributed by atoms with Crippen LogP contribution in [0.15, 0.2) is 0 Å². The molecule has 1 saturated heterocycles. The quantitative estimate of drug-likeness (QED) is 0.779. The van der Waals surface area contributed by atoms with Gasteiger partial charge in [-0.25, -0.2) is 0 Å². The molecule has 2 rings (SSSR count). The maximum Gasteiger partial charge on any atom is 0.310 e. The minimum absolute atomic E-state index is 0.174. The largest absolute Gasteiger partial charge is 0.481 e. The van der Waals surface area contributed by atoms with E-state index in [1.165, 1.54) is 6.42 Å². The number of aliphatic hydroxyl groups excluding tert-OH is 1. The molecular formula is C16H29NO3. The molecule has 0 amide bonds. The maximum atomic E-state index is 11.8. The molecule has 1 saturated carbocycles. The Hall–Kier alpha value is -0.610. The van der Waals surface area contributed by atoms with E-state index in [1.807, 2.05) is 0 Å². The summed E-state index contributed by atoms with van der Waals surface area (Å²) in [7, 11) is 0. The average Bonchev–Trinajstić information content (AvgIpc) is 2.64. The number of aliphatic carboxylic acids is 1. The van der Waals surface area contributed by atoms with Crippen molar-refractivity contribution < 1.29 is 15.0 Å². The van der Waals surface area contributed by atoms with Crippen molar-refractivity contribution >= 4 is 5.97 Å². The Labute approximate surface area is 122 Å². The number of hydrogen-bond donors (Lipinski definition) is 2. The van der Waals surface area contributed by atoms with E-state index in [4.69, 9.17) is 0 Å². The van der Waals surface area contributed by atoms with Crippen molar-refractivity contribution in [2.75, 3.05) is 13.1 Å². The van der Waals surface area contributed by atoms with Gasteiger partial charge in [-0.15, -0.1) is 0 Å².